The fraction of sp³-hybridized carbons (Fsp3) is 0.909. The summed E-state index contributed by atoms with van der Waals surface area (Å²) in [5.41, 5.74) is 0. The molecule has 0 radical (unpaired) electrons. The third kappa shape index (κ3) is 3.38. The van der Waals surface area contributed by atoms with E-state index in [0.29, 0.717) is 12.1 Å². The molecule has 4 nitrogen and oxygen atoms in total. The van der Waals surface area contributed by atoms with Crippen LogP contribution < -0.4 is 5.32 Å². The van der Waals surface area contributed by atoms with E-state index in [1.807, 2.05) is 13.8 Å². The summed E-state index contributed by atoms with van der Waals surface area (Å²) < 4.78 is 5.27. The molecule has 0 spiro atoms. The molecule has 1 saturated carbocycles. The van der Waals surface area contributed by atoms with E-state index in [2.05, 4.69) is 5.32 Å². The molecule has 1 aliphatic rings. The van der Waals surface area contributed by atoms with Crippen LogP contribution in [0.2, 0.25) is 0 Å². The Hall–Kier alpha value is -0.770. The van der Waals surface area contributed by atoms with Gasteiger partial charge in [0.25, 0.3) is 0 Å². The number of carbonyl (C=O) groups is 1. The lowest BCUT2D eigenvalue weighted by atomic mass is 10.2. The summed E-state index contributed by atoms with van der Waals surface area (Å²) in [6, 6.07) is 0.352. The molecule has 0 aliphatic heterocycles. The average molecular weight is 214 g/mol. The van der Waals surface area contributed by atoms with Gasteiger partial charge in [0, 0.05) is 26.2 Å². The number of ether oxygens (including phenoxy) is 1. The first-order valence-electron chi connectivity index (χ1n) is 5.79. The summed E-state index contributed by atoms with van der Waals surface area (Å²) >= 11 is 0. The monoisotopic (exact) mass is 214 g/mol. The predicted octanol–water partition coefficient (Wildman–Crippen LogP) is 1.61. The molecular formula is C11H22N2O2. The standard InChI is InChI=1S/C11H22N2O2/c1-4-13(5-2)11(14)12-9-6-7-10(8-9)15-3/h9-10H,4-8H2,1-3H3,(H,12,14). The van der Waals surface area contributed by atoms with Crippen molar-refractivity contribution >= 4 is 6.03 Å². The van der Waals surface area contributed by atoms with Crippen LogP contribution in [0.25, 0.3) is 0 Å². The molecule has 0 saturated heterocycles. The molecule has 0 aromatic carbocycles. The lowest BCUT2D eigenvalue weighted by Gasteiger charge is -2.22. The Balaban J connectivity index is 2.32. The van der Waals surface area contributed by atoms with Gasteiger partial charge in [-0.1, -0.05) is 0 Å². The molecule has 2 amide bonds. The number of nitrogens with one attached hydrogen (secondary N) is 1. The molecular weight excluding hydrogens is 192 g/mol. The molecule has 0 bridgehead atoms. The van der Waals surface area contributed by atoms with Crippen LogP contribution in [0.3, 0.4) is 0 Å². The van der Waals surface area contributed by atoms with Gasteiger partial charge in [0.15, 0.2) is 0 Å². The van der Waals surface area contributed by atoms with Crippen molar-refractivity contribution in [2.45, 2.75) is 45.3 Å². The van der Waals surface area contributed by atoms with E-state index in [1.54, 1.807) is 12.0 Å². The van der Waals surface area contributed by atoms with Crippen molar-refractivity contribution in [1.82, 2.24) is 10.2 Å². The number of hydrogen-bond donors (Lipinski definition) is 1. The highest BCUT2D eigenvalue weighted by Crippen LogP contribution is 2.21. The quantitative estimate of drug-likeness (QED) is 0.772. The Kier molecular flexibility index (Phi) is 4.88. The largest absolute Gasteiger partial charge is 0.381 e. The first-order valence-corrected chi connectivity index (χ1v) is 5.79. The van der Waals surface area contributed by atoms with Gasteiger partial charge < -0.3 is 15.0 Å². The molecule has 1 rings (SSSR count). The smallest absolute Gasteiger partial charge is 0.317 e. The molecule has 88 valence electrons. The minimum Gasteiger partial charge on any atom is -0.381 e. The number of hydrogen-bond acceptors (Lipinski definition) is 2. The van der Waals surface area contributed by atoms with E-state index in [1.165, 1.54) is 0 Å². The van der Waals surface area contributed by atoms with Crippen LogP contribution in [-0.4, -0.2) is 43.3 Å². The van der Waals surface area contributed by atoms with Crippen molar-refractivity contribution in [3.05, 3.63) is 0 Å². The summed E-state index contributed by atoms with van der Waals surface area (Å²) in [6.07, 6.45) is 3.36. The fourth-order valence-electron chi connectivity index (χ4n) is 2.06. The Labute approximate surface area is 92.0 Å². The van der Waals surface area contributed by atoms with Crippen LogP contribution >= 0.6 is 0 Å². The van der Waals surface area contributed by atoms with Crippen LogP contribution in [0, 0.1) is 0 Å². The highest BCUT2D eigenvalue weighted by atomic mass is 16.5. The number of methoxy groups -OCH3 is 1. The molecule has 4 heteroatoms. The third-order valence-electron chi connectivity index (χ3n) is 3.10. The Morgan fingerprint density at radius 2 is 2.07 bits per heavy atom. The third-order valence-corrected chi connectivity index (χ3v) is 3.10. The molecule has 15 heavy (non-hydrogen) atoms. The number of amides is 2. The average Bonchev–Trinajstić information content (AvgIpc) is 2.67. The summed E-state index contributed by atoms with van der Waals surface area (Å²) in [4.78, 5) is 13.5. The SMILES string of the molecule is CCN(CC)C(=O)NC1CCC(OC)C1. The van der Waals surface area contributed by atoms with Crippen LogP contribution in [0.1, 0.15) is 33.1 Å². The second-order valence-electron chi connectivity index (χ2n) is 3.99. The second-order valence-corrected chi connectivity index (χ2v) is 3.99. The number of carbonyl (C=O) groups excluding carboxylic acids is 1. The van der Waals surface area contributed by atoms with Crippen LogP contribution in [0.4, 0.5) is 4.79 Å². The van der Waals surface area contributed by atoms with Gasteiger partial charge in [0.1, 0.15) is 0 Å². The van der Waals surface area contributed by atoms with Crippen molar-refractivity contribution in [3.8, 4) is 0 Å². The van der Waals surface area contributed by atoms with Gasteiger partial charge >= 0.3 is 6.03 Å². The lowest BCUT2D eigenvalue weighted by Crippen LogP contribution is -2.44. The minimum atomic E-state index is 0.0572. The Morgan fingerprint density at radius 1 is 1.40 bits per heavy atom. The Morgan fingerprint density at radius 3 is 2.53 bits per heavy atom. The summed E-state index contributed by atoms with van der Waals surface area (Å²) in [5.74, 6) is 0. The van der Waals surface area contributed by atoms with E-state index >= 15 is 0 Å². The van der Waals surface area contributed by atoms with Gasteiger partial charge in [0.2, 0.25) is 0 Å². The van der Waals surface area contributed by atoms with Gasteiger partial charge in [-0.25, -0.2) is 4.79 Å². The Bertz CT molecular complexity index is 205. The van der Waals surface area contributed by atoms with Crippen molar-refractivity contribution < 1.29 is 9.53 Å². The number of rotatable bonds is 4. The zero-order chi connectivity index (χ0) is 11.3. The molecule has 2 atom stereocenters. The molecule has 1 aliphatic carbocycles. The van der Waals surface area contributed by atoms with E-state index in [9.17, 15) is 4.79 Å². The maximum Gasteiger partial charge on any atom is 0.317 e. The zero-order valence-electron chi connectivity index (χ0n) is 9.95. The maximum absolute atomic E-state index is 11.7. The van der Waals surface area contributed by atoms with E-state index < -0.39 is 0 Å². The lowest BCUT2D eigenvalue weighted by molar-refractivity contribution is 0.107. The van der Waals surface area contributed by atoms with Gasteiger partial charge in [-0.3, -0.25) is 0 Å². The normalized spacial score (nSPS) is 25.3. The predicted molar refractivity (Wildman–Crippen MR) is 59.9 cm³/mol. The fourth-order valence-corrected chi connectivity index (χ4v) is 2.06. The van der Waals surface area contributed by atoms with Crippen molar-refractivity contribution in [1.29, 1.82) is 0 Å². The van der Waals surface area contributed by atoms with Gasteiger partial charge in [-0.2, -0.15) is 0 Å². The first kappa shape index (κ1) is 12.3. The summed E-state index contributed by atoms with van der Waals surface area (Å²) in [6.45, 7) is 5.52. The molecule has 2 unspecified atom stereocenters. The topological polar surface area (TPSA) is 41.6 Å². The van der Waals surface area contributed by atoms with E-state index in [4.69, 9.17) is 4.74 Å². The molecule has 0 heterocycles. The van der Waals surface area contributed by atoms with Crippen LogP contribution in [-0.2, 0) is 4.74 Å². The molecule has 1 N–H and O–H groups in total. The van der Waals surface area contributed by atoms with E-state index in [-0.39, 0.29) is 6.03 Å². The summed E-state index contributed by atoms with van der Waals surface area (Å²) in [7, 11) is 1.74. The second kappa shape index (κ2) is 5.95. The highest BCUT2D eigenvalue weighted by Gasteiger charge is 2.26. The van der Waals surface area contributed by atoms with E-state index in [0.717, 1.165) is 32.4 Å². The molecule has 0 aromatic heterocycles. The van der Waals surface area contributed by atoms with Gasteiger partial charge in [0.05, 0.1) is 6.10 Å². The van der Waals surface area contributed by atoms with Gasteiger partial charge in [-0.05, 0) is 33.1 Å². The van der Waals surface area contributed by atoms with Gasteiger partial charge in [-0.15, -0.1) is 0 Å². The summed E-state index contributed by atoms with van der Waals surface area (Å²) in [5, 5.41) is 3.05. The van der Waals surface area contributed by atoms with Crippen molar-refractivity contribution in [2.75, 3.05) is 20.2 Å². The maximum atomic E-state index is 11.7. The van der Waals surface area contributed by atoms with Crippen molar-refractivity contribution in [2.24, 2.45) is 0 Å². The van der Waals surface area contributed by atoms with Crippen LogP contribution in [0.5, 0.6) is 0 Å². The van der Waals surface area contributed by atoms with Crippen molar-refractivity contribution in [3.63, 3.8) is 0 Å². The number of nitrogens with zero attached hydrogens (tertiary/aromatic N) is 1. The highest BCUT2D eigenvalue weighted by molar-refractivity contribution is 5.74. The van der Waals surface area contributed by atoms with Crippen LogP contribution in [0.15, 0.2) is 0 Å². The minimum absolute atomic E-state index is 0.0572. The zero-order valence-corrected chi connectivity index (χ0v) is 9.95. The molecule has 1 fully saturated rings. The first-order chi connectivity index (χ1) is 7.21. The molecule has 0 aromatic rings. The number of urea groups is 1.